The van der Waals surface area contributed by atoms with Gasteiger partial charge >= 0.3 is 12.4 Å². The van der Waals surface area contributed by atoms with Gasteiger partial charge in [0, 0.05) is 0 Å². The fraction of sp³-hybridized carbons (Fsp3) is 0.111. The van der Waals surface area contributed by atoms with E-state index in [0.29, 0.717) is 65.4 Å². The number of fused-ring (bicyclic) bond motifs is 5. The van der Waals surface area contributed by atoms with Crippen LogP contribution in [0.5, 0.6) is 0 Å². The summed E-state index contributed by atoms with van der Waals surface area (Å²) in [5.41, 5.74) is 2.29. The Kier molecular flexibility index (Phi) is 5.99. The SMILES string of the molecule is Cc1cc(C2=c3cc4c(cc3-c3ccc(F)cc32)=c2ccc(F)cc2=C4c2cc(C)cc(C(F)(F)F)c2)cc(C(F)(F)F)c1. The third kappa shape index (κ3) is 4.43. The van der Waals surface area contributed by atoms with Crippen molar-refractivity contribution in [1.82, 2.24) is 0 Å². The van der Waals surface area contributed by atoms with E-state index in [-0.39, 0.29) is 11.1 Å². The molecule has 0 radical (unpaired) electrons. The highest BCUT2D eigenvalue weighted by Crippen LogP contribution is 2.41. The second kappa shape index (κ2) is 9.39. The minimum atomic E-state index is -4.63. The molecule has 0 atom stereocenters. The van der Waals surface area contributed by atoms with E-state index in [1.54, 1.807) is 36.4 Å². The van der Waals surface area contributed by atoms with Gasteiger partial charge in [-0.1, -0.05) is 24.3 Å². The molecule has 0 bridgehead atoms. The van der Waals surface area contributed by atoms with Gasteiger partial charge in [0.1, 0.15) is 11.6 Å². The van der Waals surface area contributed by atoms with Crippen LogP contribution in [-0.2, 0) is 12.4 Å². The van der Waals surface area contributed by atoms with Crippen LogP contribution in [0.2, 0.25) is 0 Å². The first-order valence-corrected chi connectivity index (χ1v) is 13.6. The molecule has 0 spiro atoms. The lowest BCUT2D eigenvalue weighted by molar-refractivity contribution is -0.138. The molecule has 0 aliphatic heterocycles. The molecule has 5 aromatic carbocycles. The predicted molar refractivity (Wildman–Crippen MR) is 151 cm³/mol. The Hall–Kier alpha value is -4.72. The molecule has 0 aromatic heterocycles. The lowest BCUT2D eigenvalue weighted by Gasteiger charge is -2.14. The molecule has 2 aliphatic carbocycles. The van der Waals surface area contributed by atoms with Crippen molar-refractivity contribution in [3.05, 3.63) is 162 Å². The quantitative estimate of drug-likeness (QED) is 0.173. The number of rotatable bonds is 2. The van der Waals surface area contributed by atoms with Gasteiger partial charge in [0.2, 0.25) is 0 Å². The molecule has 8 heteroatoms. The maximum Gasteiger partial charge on any atom is 0.416 e. The van der Waals surface area contributed by atoms with Gasteiger partial charge in [0.25, 0.3) is 0 Å². The van der Waals surface area contributed by atoms with E-state index in [9.17, 15) is 35.1 Å². The largest absolute Gasteiger partial charge is 0.416 e. The van der Waals surface area contributed by atoms with Crippen LogP contribution in [0.1, 0.15) is 44.5 Å². The van der Waals surface area contributed by atoms with Crippen LogP contribution < -0.4 is 10.4 Å². The van der Waals surface area contributed by atoms with Gasteiger partial charge in [-0.2, -0.15) is 26.3 Å². The standard InChI is InChI=1S/C36H20F8/c1-17-7-19(11-21(9-17)35(39,40)41)33-29-13-23(37)3-5-25(29)27-15-28-26-6-4-24(38)14-30(26)34(32(28)16-31(27)33)20-8-18(2)10-22(12-20)36(42,43)44/h3-16H,1-2H3. The number of hydrogen-bond donors (Lipinski definition) is 0. The summed E-state index contributed by atoms with van der Waals surface area (Å²) >= 11 is 0. The summed E-state index contributed by atoms with van der Waals surface area (Å²) in [6, 6.07) is 19.0. The lowest BCUT2D eigenvalue weighted by Crippen LogP contribution is -2.12. The fourth-order valence-corrected chi connectivity index (χ4v) is 6.47. The highest BCUT2D eigenvalue weighted by Gasteiger charge is 2.34. The van der Waals surface area contributed by atoms with Crippen LogP contribution >= 0.6 is 0 Å². The van der Waals surface area contributed by atoms with Crippen LogP contribution in [0.4, 0.5) is 35.1 Å². The van der Waals surface area contributed by atoms with Crippen molar-refractivity contribution in [2.75, 3.05) is 0 Å². The van der Waals surface area contributed by atoms with Crippen molar-refractivity contribution in [2.24, 2.45) is 0 Å². The topological polar surface area (TPSA) is 0 Å². The van der Waals surface area contributed by atoms with E-state index >= 15 is 0 Å². The fourth-order valence-electron chi connectivity index (χ4n) is 6.47. The van der Waals surface area contributed by atoms with Gasteiger partial charge in [-0.05, 0) is 151 Å². The summed E-state index contributed by atoms with van der Waals surface area (Å²) in [6.45, 7) is 3.08. The maximum atomic E-state index is 14.6. The van der Waals surface area contributed by atoms with E-state index < -0.39 is 35.1 Å². The van der Waals surface area contributed by atoms with Gasteiger partial charge in [0.15, 0.2) is 0 Å². The molecule has 220 valence electrons. The summed E-state index contributed by atoms with van der Waals surface area (Å²) in [7, 11) is 0. The molecule has 2 aliphatic rings. The van der Waals surface area contributed by atoms with Crippen molar-refractivity contribution in [2.45, 2.75) is 26.2 Å². The third-order valence-corrected chi connectivity index (χ3v) is 8.17. The molecule has 0 N–H and O–H groups in total. The molecular formula is C36H20F8. The second-order valence-electron chi connectivity index (χ2n) is 11.2. The molecule has 5 aromatic rings. The lowest BCUT2D eigenvalue weighted by atomic mass is 9.92. The van der Waals surface area contributed by atoms with E-state index in [0.717, 1.165) is 24.3 Å². The third-order valence-electron chi connectivity index (χ3n) is 8.17. The Bertz CT molecular complexity index is 2290. The van der Waals surface area contributed by atoms with Crippen molar-refractivity contribution in [3.63, 3.8) is 0 Å². The number of aryl methyl sites for hydroxylation is 2. The molecule has 0 fully saturated rings. The first kappa shape index (κ1) is 28.1. The summed E-state index contributed by atoms with van der Waals surface area (Å²) in [4.78, 5) is 0. The summed E-state index contributed by atoms with van der Waals surface area (Å²) < 4.78 is 112. The van der Waals surface area contributed by atoms with E-state index in [1.165, 1.54) is 38.1 Å². The van der Waals surface area contributed by atoms with Crippen molar-refractivity contribution in [3.8, 4) is 11.1 Å². The van der Waals surface area contributed by atoms with Gasteiger partial charge in [-0.3, -0.25) is 0 Å². The zero-order chi connectivity index (χ0) is 31.3. The first-order chi connectivity index (χ1) is 20.7. The number of alkyl halides is 6. The first-order valence-electron chi connectivity index (χ1n) is 13.6. The second-order valence-corrected chi connectivity index (χ2v) is 11.2. The van der Waals surface area contributed by atoms with Crippen LogP contribution in [-0.4, -0.2) is 0 Å². The minimum Gasteiger partial charge on any atom is -0.207 e. The molecular weight excluding hydrogens is 584 g/mol. The summed E-state index contributed by atoms with van der Waals surface area (Å²) in [5, 5.41) is 2.12. The minimum absolute atomic E-state index is 0.223. The van der Waals surface area contributed by atoms with Crippen molar-refractivity contribution >= 4 is 11.1 Å². The molecule has 7 rings (SSSR count). The van der Waals surface area contributed by atoms with Crippen LogP contribution in [0.15, 0.2) is 84.9 Å². The van der Waals surface area contributed by atoms with Gasteiger partial charge in [-0.25, -0.2) is 8.78 Å². The normalized spacial score (nSPS) is 13.6. The Morgan fingerprint density at radius 2 is 0.932 bits per heavy atom. The average Bonchev–Trinajstić information content (AvgIpc) is 3.40. The van der Waals surface area contributed by atoms with E-state index in [1.807, 2.05) is 0 Å². The Morgan fingerprint density at radius 1 is 0.409 bits per heavy atom. The van der Waals surface area contributed by atoms with Gasteiger partial charge in [0.05, 0.1) is 11.1 Å². The van der Waals surface area contributed by atoms with Crippen molar-refractivity contribution < 1.29 is 35.1 Å². The molecule has 0 saturated carbocycles. The number of hydrogen-bond acceptors (Lipinski definition) is 0. The summed E-state index contributed by atoms with van der Waals surface area (Å²) in [6.07, 6.45) is -9.25. The Morgan fingerprint density at radius 3 is 1.52 bits per heavy atom. The molecule has 0 heterocycles. The predicted octanol–water partition coefficient (Wildman–Crippen LogP) is 8.69. The number of halogens is 8. The zero-order valence-electron chi connectivity index (χ0n) is 23.1. The van der Waals surface area contributed by atoms with Crippen LogP contribution in [0, 0.1) is 35.9 Å². The Balaban J connectivity index is 1.62. The highest BCUT2D eigenvalue weighted by atomic mass is 19.4. The molecule has 0 amide bonds. The smallest absolute Gasteiger partial charge is 0.207 e. The maximum absolute atomic E-state index is 14.6. The average molecular weight is 605 g/mol. The van der Waals surface area contributed by atoms with Gasteiger partial charge < -0.3 is 0 Å². The number of benzene rings is 5. The Labute approximate surface area is 245 Å². The monoisotopic (exact) mass is 604 g/mol. The molecule has 0 unspecified atom stereocenters. The molecule has 0 saturated heterocycles. The van der Waals surface area contributed by atoms with Crippen molar-refractivity contribution in [1.29, 1.82) is 0 Å². The zero-order valence-corrected chi connectivity index (χ0v) is 23.1. The van der Waals surface area contributed by atoms with E-state index in [4.69, 9.17) is 0 Å². The van der Waals surface area contributed by atoms with Crippen LogP contribution in [0.3, 0.4) is 0 Å². The van der Waals surface area contributed by atoms with E-state index in [2.05, 4.69) is 0 Å². The van der Waals surface area contributed by atoms with Crippen LogP contribution in [0.25, 0.3) is 22.3 Å². The molecule has 0 nitrogen and oxygen atoms in total. The molecule has 44 heavy (non-hydrogen) atoms. The highest BCUT2D eigenvalue weighted by molar-refractivity contribution is 5.97. The summed E-state index contributed by atoms with van der Waals surface area (Å²) in [5.74, 6) is -1.14. The van der Waals surface area contributed by atoms with Gasteiger partial charge in [-0.15, -0.1) is 0 Å².